The van der Waals surface area contributed by atoms with E-state index in [1.54, 1.807) is 6.21 Å². The van der Waals surface area contributed by atoms with Crippen molar-refractivity contribution in [3.05, 3.63) is 65.5 Å². The zero-order valence-corrected chi connectivity index (χ0v) is 18.8. The Labute approximate surface area is 183 Å². The Morgan fingerprint density at radius 1 is 1.06 bits per heavy atom. The van der Waals surface area contributed by atoms with E-state index in [9.17, 15) is 17.6 Å². The summed E-state index contributed by atoms with van der Waals surface area (Å²) < 4.78 is 39.7. The van der Waals surface area contributed by atoms with Crippen molar-refractivity contribution in [1.29, 1.82) is 0 Å². The monoisotopic (exact) mass is 445 g/mol. The molecule has 166 valence electrons. The maximum Gasteiger partial charge on any atom is 0.243 e. The average molecular weight is 446 g/mol. The number of benzene rings is 2. The van der Waals surface area contributed by atoms with Gasteiger partial charge in [-0.1, -0.05) is 45.0 Å². The van der Waals surface area contributed by atoms with Gasteiger partial charge in [0.25, 0.3) is 0 Å². The smallest absolute Gasteiger partial charge is 0.243 e. The van der Waals surface area contributed by atoms with Gasteiger partial charge in [-0.25, -0.2) is 18.2 Å². The van der Waals surface area contributed by atoms with E-state index < -0.39 is 15.8 Å². The summed E-state index contributed by atoms with van der Waals surface area (Å²) >= 11 is 0. The van der Waals surface area contributed by atoms with Crippen molar-refractivity contribution in [3.63, 3.8) is 0 Å². The van der Waals surface area contributed by atoms with Crippen LogP contribution in [-0.2, 0) is 20.2 Å². The van der Waals surface area contributed by atoms with E-state index in [1.165, 1.54) is 22.0 Å². The van der Waals surface area contributed by atoms with Gasteiger partial charge in [-0.3, -0.25) is 4.79 Å². The highest BCUT2D eigenvalue weighted by Crippen LogP contribution is 2.24. The molecular weight excluding hydrogens is 417 g/mol. The number of hydrogen-bond donors (Lipinski definition) is 1. The largest absolute Gasteiger partial charge is 0.273 e. The number of carbonyl (C=O) groups excluding carboxylic acids is 1. The van der Waals surface area contributed by atoms with Crippen LogP contribution in [-0.4, -0.2) is 37.9 Å². The minimum atomic E-state index is -3.69. The first-order valence-electron chi connectivity index (χ1n) is 10.3. The number of nitrogens with zero attached hydrogens (tertiary/aromatic N) is 2. The lowest BCUT2D eigenvalue weighted by Crippen LogP contribution is -2.42. The van der Waals surface area contributed by atoms with Gasteiger partial charge in [0.15, 0.2) is 0 Å². The van der Waals surface area contributed by atoms with Crippen molar-refractivity contribution in [2.45, 2.75) is 43.9 Å². The summed E-state index contributed by atoms with van der Waals surface area (Å²) in [7, 11) is -3.69. The number of halogens is 1. The lowest BCUT2D eigenvalue weighted by Gasteiger charge is -2.30. The molecule has 3 rings (SSSR count). The van der Waals surface area contributed by atoms with Crippen LogP contribution in [0.5, 0.6) is 0 Å². The molecule has 0 spiro atoms. The molecule has 2 aromatic carbocycles. The highest BCUT2D eigenvalue weighted by atomic mass is 32.2. The molecule has 0 saturated carbocycles. The molecular formula is C23H28FN3O3S. The fourth-order valence-corrected chi connectivity index (χ4v) is 4.91. The number of carbonyl (C=O) groups is 1. The van der Waals surface area contributed by atoms with E-state index in [2.05, 4.69) is 31.3 Å². The summed E-state index contributed by atoms with van der Waals surface area (Å²) in [6.07, 6.45) is 2.41. The summed E-state index contributed by atoms with van der Waals surface area (Å²) in [5.74, 6) is -1.01. The van der Waals surface area contributed by atoms with Crippen LogP contribution >= 0.6 is 0 Å². The maximum atomic E-state index is 13.1. The molecule has 1 aliphatic rings. The number of hydrogen-bond acceptors (Lipinski definition) is 4. The SMILES string of the molecule is CC(C)(C)c1ccc(/C=N\NC(=O)C2CCN(S(=O)(=O)c3ccc(F)cc3)CC2)cc1. The summed E-state index contributed by atoms with van der Waals surface area (Å²) in [5.41, 5.74) is 4.73. The van der Waals surface area contributed by atoms with Gasteiger partial charge in [-0.2, -0.15) is 9.41 Å². The Balaban J connectivity index is 1.52. The van der Waals surface area contributed by atoms with Gasteiger partial charge >= 0.3 is 0 Å². The van der Waals surface area contributed by atoms with Crippen molar-refractivity contribution >= 4 is 22.1 Å². The number of sulfonamides is 1. The van der Waals surface area contributed by atoms with Gasteiger partial charge in [0, 0.05) is 19.0 Å². The van der Waals surface area contributed by atoms with Gasteiger partial charge in [0.2, 0.25) is 15.9 Å². The second-order valence-electron chi connectivity index (χ2n) is 8.74. The van der Waals surface area contributed by atoms with Crippen molar-refractivity contribution in [2.24, 2.45) is 11.0 Å². The number of piperidine rings is 1. The third kappa shape index (κ3) is 5.77. The molecule has 0 aliphatic carbocycles. The molecule has 1 aliphatic heterocycles. The highest BCUT2D eigenvalue weighted by molar-refractivity contribution is 7.89. The van der Waals surface area contributed by atoms with Crippen molar-refractivity contribution in [3.8, 4) is 0 Å². The van der Waals surface area contributed by atoms with E-state index >= 15 is 0 Å². The topological polar surface area (TPSA) is 78.8 Å². The average Bonchev–Trinajstić information content (AvgIpc) is 2.74. The summed E-state index contributed by atoms with van der Waals surface area (Å²) in [6.45, 7) is 6.90. The summed E-state index contributed by atoms with van der Waals surface area (Å²) in [4.78, 5) is 12.5. The van der Waals surface area contributed by atoms with E-state index in [4.69, 9.17) is 0 Å². The molecule has 6 nitrogen and oxygen atoms in total. The molecule has 0 bridgehead atoms. The zero-order chi connectivity index (χ0) is 22.6. The molecule has 0 radical (unpaired) electrons. The molecule has 0 unspecified atom stereocenters. The van der Waals surface area contributed by atoms with Gasteiger partial charge in [0.05, 0.1) is 11.1 Å². The van der Waals surface area contributed by atoms with Crippen LogP contribution in [0.4, 0.5) is 4.39 Å². The fourth-order valence-electron chi connectivity index (χ4n) is 3.44. The second-order valence-corrected chi connectivity index (χ2v) is 10.7. The third-order valence-electron chi connectivity index (χ3n) is 5.44. The maximum absolute atomic E-state index is 13.1. The Morgan fingerprint density at radius 2 is 1.65 bits per heavy atom. The number of hydrazone groups is 1. The van der Waals surface area contributed by atoms with Gasteiger partial charge < -0.3 is 0 Å². The molecule has 8 heteroatoms. The van der Waals surface area contributed by atoms with Crippen LogP contribution in [0.2, 0.25) is 0 Å². The highest BCUT2D eigenvalue weighted by Gasteiger charge is 2.32. The van der Waals surface area contributed by atoms with Gasteiger partial charge in [0.1, 0.15) is 5.82 Å². The summed E-state index contributed by atoms with van der Waals surface area (Å²) in [5, 5.41) is 4.04. The lowest BCUT2D eigenvalue weighted by molar-refractivity contribution is -0.126. The van der Waals surface area contributed by atoms with E-state index in [0.29, 0.717) is 12.8 Å². The van der Waals surface area contributed by atoms with Crippen LogP contribution in [0.3, 0.4) is 0 Å². The molecule has 1 heterocycles. The Bertz CT molecular complexity index is 1030. The molecule has 1 amide bonds. The first-order chi connectivity index (χ1) is 14.6. The zero-order valence-electron chi connectivity index (χ0n) is 18.0. The standard InChI is InChI=1S/C23H28FN3O3S/c1-23(2,3)19-6-4-17(5-7-19)16-25-26-22(28)18-12-14-27(15-13-18)31(29,30)21-10-8-20(24)9-11-21/h4-11,16,18H,12-15H2,1-3H3,(H,26,28)/b25-16-. The number of amides is 1. The molecule has 2 aromatic rings. The van der Waals surface area contributed by atoms with Gasteiger partial charge in [-0.05, 0) is 53.6 Å². The van der Waals surface area contributed by atoms with E-state index in [-0.39, 0.29) is 35.2 Å². The number of nitrogens with one attached hydrogen (secondary N) is 1. The minimum absolute atomic E-state index is 0.0545. The predicted molar refractivity (Wildman–Crippen MR) is 119 cm³/mol. The third-order valence-corrected chi connectivity index (χ3v) is 7.35. The molecule has 1 fully saturated rings. The molecule has 1 N–H and O–H groups in total. The van der Waals surface area contributed by atoms with Crippen LogP contribution < -0.4 is 5.43 Å². The van der Waals surface area contributed by atoms with E-state index in [1.807, 2.05) is 24.3 Å². The van der Waals surface area contributed by atoms with Crippen LogP contribution in [0.15, 0.2) is 58.5 Å². The lowest BCUT2D eigenvalue weighted by atomic mass is 9.87. The fraction of sp³-hybridized carbons (Fsp3) is 0.391. The van der Waals surface area contributed by atoms with Crippen LogP contribution in [0, 0.1) is 11.7 Å². The molecule has 1 saturated heterocycles. The normalized spacial score (nSPS) is 16.5. The van der Waals surface area contributed by atoms with Crippen LogP contribution in [0.1, 0.15) is 44.7 Å². The minimum Gasteiger partial charge on any atom is -0.273 e. The Morgan fingerprint density at radius 3 is 2.19 bits per heavy atom. The second kappa shape index (κ2) is 9.28. The quantitative estimate of drug-likeness (QED) is 0.563. The van der Waals surface area contributed by atoms with Crippen molar-refractivity contribution in [2.75, 3.05) is 13.1 Å². The Hall–Kier alpha value is -2.58. The van der Waals surface area contributed by atoms with Crippen molar-refractivity contribution < 1.29 is 17.6 Å². The van der Waals surface area contributed by atoms with Crippen molar-refractivity contribution in [1.82, 2.24) is 9.73 Å². The molecule has 0 atom stereocenters. The molecule has 0 aromatic heterocycles. The first kappa shape index (κ1) is 23.1. The predicted octanol–water partition coefficient (Wildman–Crippen LogP) is 3.67. The Kier molecular flexibility index (Phi) is 6.91. The molecule has 31 heavy (non-hydrogen) atoms. The van der Waals surface area contributed by atoms with E-state index in [0.717, 1.165) is 17.7 Å². The first-order valence-corrected chi connectivity index (χ1v) is 11.7. The van der Waals surface area contributed by atoms with Crippen LogP contribution in [0.25, 0.3) is 0 Å². The van der Waals surface area contributed by atoms with Gasteiger partial charge in [-0.15, -0.1) is 0 Å². The number of rotatable bonds is 5. The summed E-state index contributed by atoms with van der Waals surface area (Å²) in [6, 6.07) is 12.8.